The lowest BCUT2D eigenvalue weighted by molar-refractivity contribution is -0.142. The Morgan fingerprint density at radius 1 is 1.23 bits per heavy atom. The quantitative estimate of drug-likeness (QED) is 0.456. The Labute approximate surface area is 201 Å². The molecule has 186 valence electrons. The number of aliphatic imine (C=N–C) groups is 1. The SMILES string of the molecule is COC(=O)C1=C(CN2CC(F)(F)CC2C(=O)O)NC(c2ccc(F)s2)=NC1(C)c1ccc(F)cc1. The topological polar surface area (TPSA) is 91.2 Å². The number of halogens is 4. The van der Waals surface area contributed by atoms with Gasteiger partial charge in [0, 0.05) is 18.7 Å². The average molecular weight is 511 g/mol. The molecule has 4 rings (SSSR count). The van der Waals surface area contributed by atoms with Gasteiger partial charge in [0.15, 0.2) is 5.13 Å². The molecule has 1 saturated heterocycles. The van der Waals surface area contributed by atoms with Crippen LogP contribution in [0.5, 0.6) is 0 Å². The number of amidine groups is 1. The summed E-state index contributed by atoms with van der Waals surface area (Å²) in [6, 6.07) is 6.39. The molecule has 12 heteroatoms. The molecular formula is C23H21F4N3O4S. The third-order valence-corrected chi connectivity index (χ3v) is 6.89. The molecule has 2 unspecified atom stereocenters. The number of carbonyl (C=O) groups is 2. The number of ether oxygens (including phenoxy) is 1. The first-order valence-electron chi connectivity index (χ1n) is 10.5. The highest BCUT2D eigenvalue weighted by molar-refractivity contribution is 7.12. The molecule has 2 aliphatic heterocycles. The van der Waals surface area contributed by atoms with Gasteiger partial charge >= 0.3 is 11.9 Å². The summed E-state index contributed by atoms with van der Waals surface area (Å²) in [5.74, 6) is -5.88. The molecular weight excluding hydrogens is 490 g/mol. The molecule has 2 aliphatic rings. The van der Waals surface area contributed by atoms with E-state index in [1.165, 1.54) is 36.4 Å². The van der Waals surface area contributed by atoms with Crippen LogP contribution in [0.15, 0.2) is 52.7 Å². The van der Waals surface area contributed by atoms with Crippen LogP contribution in [0.25, 0.3) is 0 Å². The van der Waals surface area contributed by atoms with E-state index >= 15 is 0 Å². The molecule has 2 N–H and O–H groups in total. The van der Waals surface area contributed by atoms with Crippen molar-refractivity contribution in [3.63, 3.8) is 0 Å². The molecule has 0 bridgehead atoms. The Morgan fingerprint density at radius 3 is 2.49 bits per heavy atom. The highest BCUT2D eigenvalue weighted by Gasteiger charge is 2.50. The first-order valence-corrected chi connectivity index (χ1v) is 11.3. The maximum atomic E-state index is 14.1. The predicted octanol–water partition coefficient (Wildman–Crippen LogP) is 3.51. The van der Waals surface area contributed by atoms with E-state index in [2.05, 4.69) is 10.3 Å². The monoisotopic (exact) mass is 511 g/mol. The molecule has 1 aromatic heterocycles. The standard InChI is InChI=1S/C23H21F4N3O4S/c1-22(12-3-5-13(24)6-4-12)18(21(33)34-2)14(28-19(29-22)16-7-8-17(25)35-16)10-30-11-23(26,27)9-15(30)20(31)32/h3-8,15H,9-11H2,1-2H3,(H,28,29)(H,31,32). The second-order valence-corrected chi connectivity index (χ2v) is 9.47. The minimum Gasteiger partial charge on any atom is -0.480 e. The second kappa shape index (κ2) is 9.08. The van der Waals surface area contributed by atoms with Crippen LogP contribution in [0.3, 0.4) is 0 Å². The number of likely N-dealkylation sites (tertiary alicyclic amines) is 1. The molecule has 3 heterocycles. The molecule has 0 radical (unpaired) electrons. The lowest BCUT2D eigenvalue weighted by atomic mass is 9.82. The Morgan fingerprint density at radius 2 is 1.91 bits per heavy atom. The van der Waals surface area contributed by atoms with Crippen molar-refractivity contribution in [2.75, 3.05) is 20.2 Å². The van der Waals surface area contributed by atoms with Crippen LogP contribution in [0.2, 0.25) is 0 Å². The number of hydrogen-bond acceptors (Lipinski definition) is 7. The highest BCUT2D eigenvalue weighted by Crippen LogP contribution is 2.40. The van der Waals surface area contributed by atoms with Gasteiger partial charge in [-0.1, -0.05) is 12.1 Å². The molecule has 1 fully saturated rings. The van der Waals surface area contributed by atoms with E-state index < -0.39 is 53.4 Å². The number of methoxy groups -OCH3 is 1. The predicted molar refractivity (Wildman–Crippen MR) is 119 cm³/mol. The number of rotatable bonds is 6. The summed E-state index contributed by atoms with van der Waals surface area (Å²) in [4.78, 5) is 30.7. The fourth-order valence-corrected chi connectivity index (χ4v) is 5.06. The van der Waals surface area contributed by atoms with Gasteiger partial charge in [0.1, 0.15) is 23.2 Å². The van der Waals surface area contributed by atoms with Gasteiger partial charge in [-0.05, 0) is 36.8 Å². The summed E-state index contributed by atoms with van der Waals surface area (Å²) in [5, 5.41) is 11.9. The maximum absolute atomic E-state index is 14.1. The molecule has 1 aromatic carbocycles. The zero-order valence-corrected chi connectivity index (χ0v) is 19.5. The summed E-state index contributed by atoms with van der Waals surface area (Å²) in [5.41, 5.74) is -1.09. The van der Waals surface area contributed by atoms with Crippen molar-refractivity contribution < 1.29 is 37.0 Å². The normalized spacial score (nSPS) is 24.2. The van der Waals surface area contributed by atoms with Crippen LogP contribution in [0.4, 0.5) is 17.6 Å². The summed E-state index contributed by atoms with van der Waals surface area (Å²) >= 11 is 0.772. The van der Waals surface area contributed by atoms with Gasteiger partial charge < -0.3 is 15.2 Å². The van der Waals surface area contributed by atoms with E-state index in [1.807, 2.05) is 0 Å². The van der Waals surface area contributed by atoms with Crippen LogP contribution in [0, 0.1) is 10.9 Å². The van der Waals surface area contributed by atoms with Gasteiger partial charge in [0.2, 0.25) is 0 Å². The highest BCUT2D eigenvalue weighted by atomic mass is 32.1. The van der Waals surface area contributed by atoms with Crippen LogP contribution < -0.4 is 5.32 Å². The maximum Gasteiger partial charge on any atom is 0.338 e. The third-order valence-electron chi connectivity index (χ3n) is 6.01. The molecule has 2 atom stereocenters. The first kappa shape index (κ1) is 24.9. The average Bonchev–Trinajstić information content (AvgIpc) is 3.35. The van der Waals surface area contributed by atoms with Gasteiger partial charge in [0.25, 0.3) is 5.92 Å². The summed E-state index contributed by atoms with van der Waals surface area (Å²) in [7, 11) is 1.13. The summed E-state index contributed by atoms with van der Waals surface area (Å²) in [6.07, 6.45) is -0.879. The Bertz CT molecular complexity index is 1230. The molecule has 7 nitrogen and oxygen atoms in total. The van der Waals surface area contributed by atoms with Crippen molar-refractivity contribution in [1.29, 1.82) is 0 Å². The zero-order chi connectivity index (χ0) is 25.5. The van der Waals surface area contributed by atoms with E-state index in [4.69, 9.17) is 4.74 Å². The van der Waals surface area contributed by atoms with E-state index in [0.717, 1.165) is 23.3 Å². The minimum atomic E-state index is -3.24. The molecule has 2 aromatic rings. The van der Waals surface area contributed by atoms with Crippen LogP contribution in [-0.4, -0.2) is 59.9 Å². The van der Waals surface area contributed by atoms with Crippen LogP contribution in [0.1, 0.15) is 23.8 Å². The Hall–Kier alpha value is -3.25. The van der Waals surface area contributed by atoms with E-state index in [1.54, 1.807) is 6.92 Å². The number of carboxylic acid groups (broad SMARTS) is 1. The fraction of sp³-hybridized carbons (Fsp3) is 0.348. The van der Waals surface area contributed by atoms with Crippen molar-refractivity contribution in [1.82, 2.24) is 10.2 Å². The van der Waals surface area contributed by atoms with E-state index in [-0.39, 0.29) is 23.7 Å². The third kappa shape index (κ3) is 4.80. The fourth-order valence-electron chi connectivity index (χ4n) is 4.39. The van der Waals surface area contributed by atoms with Gasteiger partial charge in [0.05, 0.1) is 24.1 Å². The van der Waals surface area contributed by atoms with Gasteiger partial charge in [-0.15, -0.1) is 11.3 Å². The van der Waals surface area contributed by atoms with Gasteiger partial charge in [-0.2, -0.15) is 4.39 Å². The summed E-state index contributed by atoms with van der Waals surface area (Å²) in [6.45, 7) is 0.349. The first-order chi connectivity index (χ1) is 16.4. The number of nitrogens with zero attached hydrogens (tertiary/aromatic N) is 2. The lowest BCUT2D eigenvalue weighted by Gasteiger charge is -2.36. The van der Waals surface area contributed by atoms with Crippen molar-refractivity contribution in [2.24, 2.45) is 4.99 Å². The van der Waals surface area contributed by atoms with Gasteiger partial charge in [-0.25, -0.2) is 18.0 Å². The van der Waals surface area contributed by atoms with Crippen LogP contribution in [-0.2, 0) is 19.9 Å². The van der Waals surface area contributed by atoms with E-state index in [9.17, 15) is 32.3 Å². The smallest absolute Gasteiger partial charge is 0.338 e. The minimum absolute atomic E-state index is 0.0632. The number of nitrogens with one attached hydrogen (secondary N) is 1. The number of esters is 1. The molecule has 0 saturated carbocycles. The van der Waals surface area contributed by atoms with Gasteiger partial charge in [-0.3, -0.25) is 14.7 Å². The largest absolute Gasteiger partial charge is 0.480 e. The number of benzene rings is 1. The van der Waals surface area contributed by atoms with Crippen molar-refractivity contribution in [2.45, 2.75) is 30.8 Å². The molecule has 0 spiro atoms. The van der Waals surface area contributed by atoms with Crippen molar-refractivity contribution >= 4 is 29.1 Å². The van der Waals surface area contributed by atoms with E-state index in [0.29, 0.717) is 10.4 Å². The number of alkyl halides is 2. The van der Waals surface area contributed by atoms with Crippen molar-refractivity contribution in [3.8, 4) is 0 Å². The number of thiophene rings is 1. The van der Waals surface area contributed by atoms with Crippen molar-refractivity contribution in [3.05, 3.63) is 69.1 Å². The zero-order valence-electron chi connectivity index (χ0n) is 18.6. The van der Waals surface area contributed by atoms with Crippen LogP contribution >= 0.6 is 11.3 Å². The molecule has 0 aliphatic carbocycles. The lowest BCUT2D eigenvalue weighted by Crippen LogP contribution is -2.46. The number of carbonyl (C=O) groups excluding carboxylic acids is 1. The second-order valence-electron chi connectivity index (χ2n) is 8.43. The Kier molecular flexibility index (Phi) is 6.45. The number of aliphatic carboxylic acids is 1. The summed E-state index contributed by atoms with van der Waals surface area (Å²) < 4.78 is 60.7. The number of carboxylic acids is 1. The Balaban J connectivity index is 1.87. The number of hydrogen-bond donors (Lipinski definition) is 2. The molecule has 35 heavy (non-hydrogen) atoms. The molecule has 0 amide bonds.